The Morgan fingerprint density at radius 3 is 2.24 bits per heavy atom. The molecule has 2 rings (SSSR count). The third kappa shape index (κ3) is 3.43. The first-order valence-corrected chi connectivity index (χ1v) is 8.55. The summed E-state index contributed by atoms with van der Waals surface area (Å²) in [6.45, 7) is 3.65. The van der Waals surface area contributed by atoms with Crippen LogP contribution in [0.2, 0.25) is 0 Å². The van der Waals surface area contributed by atoms with Crippen LogP contribution >= 0.6 is 11.3 Å². The molecule has 1 aromatic carbocycles. The second-order valence-electron chi connectivity index (χ2n) is 4.54. The smallest absolute Gasteiger partial charge is 0.262 e. The van der Waals surface area contributed by atoms with Gasteiger partial charge < -0.3 is 5.32 Å². The lowest BCUT2D eigenvalue weighted by Gasteiger charge is -2.08. The molecule has 2 N–H and O–H groups in total. The van der Waals surface area contributed by atoms with E-state index in [1.165, 1.54) is 11.3 Å². The Balaban J connectivity index is 2.25. The van der Waals surface area contributed by atoms with Crippen LogP contribution in [0.25, 0.3) is 0 Å². The van der Waals surface area contributed by atoms with E-state index in [9.17, 15) is 13.2 Å². The summed E-state index contributed by atoms with van der Waals surface area (Å²) in [5.74, 6) is -0.214. The van der Waals surface area contributed by atoms with E-state index in [4.69, 9.17) is 0 Å². The zero-order chi connectivity index (χ0) is 15.6. The summed E-state index contributed by atoms with van der Waals surface area (Å²) in [4.78, 5) is 13.4. The lowest BCUT2D eigenvalue weighted by Crippen LogP contribution is -2.18. The van der Waals surface area contributed by atoms with Gasteiger partial charge in [0.25, 0.3) is 15.9 Å². The summed E-state index contributed by atoms with van der Waals surface area (Å²) < 4.78 is 27.2. The third-order valence-electron chi connectivity index (χ3n) is 2.91. The Labute approximate surface area is 128 Å². The molecule has 0 aliphatic rings. The number of amides is 1. The SMILES string of the molecule is CNC(=O)c1ccc(NS(=O)(=O)c2cc(C)sc2C)cc1. The minimum Gasteiger partial charge on any atom is -0.355 e. The first-order valence-electron chi connectivity index (χ1n) is 6.25. The normalized spacial score (nSPS) is 11.2. The maximum absolute atomic E-state index is 12.3. The van der Waals surface area contributed by atoms with Crippen molar-refractivity contribution in [2.24, 2.45) is 0 Å². The van der Waals surface area contributed by atoms with Gasteiger partial charge in [-0.2, -0.15) is 0 Å². The number of hydrogen-bond acceptors (Lipinski definition) is 4. The summed E-state index contributed by atoms with van der Waals surface area (Å²) in [7, 11) is -2.06. The van der Waals surface area contributed by atoms with Gasteiger partial charge in [-0.1, -0.05) is 0 Å². The molecular weight excluding hydrogens is 308 g/mol. The van der Waals surface area contributed by atoms with E-state index >= 15 is 0 Å². The van der Waals surface area contributed by atoms with Gasteiger partial charge in [0.1, 0.15) is 4.90 Å². The molecule has 0 spiro atoms. The highest BCUT2D eigenvalue weighted by molar-refractivity contribution is 7.93. The number of hydrogen-bond donors (Lipinski definition) is 2. The molecule has 2 aromatic rings. The Morgan fingerprint density at radius 2 is 1.76 bits per heavy atom. The monoisotopic (exact) mass is 324 g/mol. The van der Waals surface area contributed by atoms with Crippen LogP contribution in [-0.2, 0) is 10.0 Å². The molecule has 0 atom stereocenters. The van der Waals surface area contributed by atoms with Gasteiger partial charge in [-0.25, -0.2) is 8.42 Å². The molecule has 5 nitrogen and oxygen atoms in total. The van der Waals surface area contributed by atoms with Crippen molar-refractivity contribution in [2.45, 2.75) is 18.7 Å². The second-order valence-corrected chi connectivity index (χ2v) is 7.65. The molecule has 0 unspecified atom stereocenters. The van der Waals surface area contributed by atoms with Gasteiger partial charge in [0.2, 0.25) is 0 Å². The topological polar surface area (TPSA) is 75.3 Å². The summed E-state index contributed by atoms with van der Waals surface area (Å²) in [6, 6.07) is 7.93. The van der Waals surface area contributed by atoms with Crippen molar-refractivity contribution in [2.75, 3.05) is 11.8 Å². The fourth-order valence-corrected chi connectivity index (χ4v) is 4.53. The molecule has 0 fully saturated rings. The number of sulfonamides is 1. The van der Waals surface area contributed by atoms with Gasteiger partial charge in [-0.05, 0) is 44.2 Å². The van der Waals surface area contributed by atoms with Crippen LogP contribution in [0.5, 0.6) is 0 Å². The van der Waals surface area contributed by atoms with Crippen LogP contribution in [0, 0.1) is 13.8 Å². The van der Waals surface area contributed by atoms with Gasteiger partial charge in [0, 0.05) is 28.1 Å². The maximum Gasteiger partial charge on any atom is 0.262 e. The Hall–Kier alpha value is -1.86. The van der Waals surface area contributed by atoms with Crippen LogP contribution < -0.4 is 10.0 Å². The molecule has 1 amide bonds. The molecule has 7 heteroatoms. The van der Waals surface area contributed by atoms with Crippen molar-refractivity contribution >= 4 is 33.0 Å². The molecule has 0 radical (unpaired) electrons. The quantitative estimate of drug-likeness (QED) is 0.907. The molecule has 0 saturated carbocycles. The Bertz CT molecular complexity index is 762. The highest BCUT2D eigenvalue weighted by Gasteiger charge is 2.19. The number of benzene rings is 1. The zero-order valence-corrected chi connectivity index (χ0v) is 13.6. The minimum atomic E-state index is -3.60. The Kier molecular flexibility index (Phi) is 4.34. The van der Waals surface area contributed by atoms with E-state index in [0.717, 1.165) is 9.75 Å². The standard InChI is InChI=1S/C14H16N2O3S2/c1-9-8-13(10(2)20-9)21(18,19)16-12-6-4-11(5-7-12)14(17)15-3/h4-8,16H,1-3H3,(H,15,17). The molecule has 0 aliphatic carbocycles. The van der Waals surface area contributed by atoms with Crippen molar-refractivity contribution < 1.29 is 13.2 Å². The number of carbonyl (C=O) groups excluding carboxylic acids is 1. The molecule has 112 valence electrons. The van der Waals surface area contributed by atoms with Gasteiger partial charge in [-0.3, -0.25) is 9.52 Å². The van der Waals surface area contributed by atoms with E-state index < -0.39 is 10.0 Å². The number of aryl methyl sites for hydroxylation is 2. The fourth-order valence-electron chi connectivity index (χ4n) is 1.92. The van der Waals surface area contributed by atoms with E-state index in [2.05, 4.69) is 10.0 Å². The Morgan fingerprint density at radius 1 is 1.14 bits per heavy atom. The molecule has 1 aromatic heterocycles. The summed E-state index contributed by atoms with van der Waals surface area (Å²) >= 11 is 1.44. The molecule has 0 bridgehead atoms. The highest BCUT2D eigenvalue weighted by Crippen LogP contribution is 2.26. The van der Waals surface area contributed by atoms with Crippen molar-refractivity contribution in [1.82, 2.24) is 5.32 Å². The van der Waals surface area contributed by atoms with Crippen molar-refractivity contribution in [3.8, 4) is 0 Å². The van der Waals surface area contributed by atoms with Gasteiger partial charge >= 0.3 is 0 Å². The van der Waals surface area contributed by atoms with Crippen molar-refractivity contribution in [1.29, 1.82) is 0 Å². The first-order chi connectivity index (χ1) is 9.83. The molecule has 1 heterocycles. The predicted octanol–water partition coefficient (Wildman–Crippen LogP) is 2.53. The predicted molar refractivity (Wildman–Crippen MR) is 84.4 cm³/mol. The number of anilines is 1. The average molecular weight is 324 g/mol. The molecule has 21 heavy (non-hydrogen) atoms. The summed E-state index contributed by atoms with van der Waals surface area (Å²) in [5, 5.41) is 2.51. The molecular formula is C14H16N2O3S2. The summed E-state index contributed by atoms with van der Waals surface area (Å²) in [6.07, 6.45) is 0. The van der Waals surface area contributed by atoms with E-state index in [0.29, 0.717) is 16.1 Å². The van der Waals surface area contributed by atoms with Crippen molar-refractivity contribution in [3.05, 3.63) is 45.6 Å². The van der Waals surface area contributed by atoms with E-state index in [1.54, 1.807) is 44.3 Å². The van der Waals surface area contributed by atoms with Crippen LogP contribution in [0.1, 0.15) is 20.1 Å². The lowest BCUT2D eigenvalue weighted by molar-refractivity contribution is 0.0963. The van der Waals surface area contributed by atoms with E-state index in [-0.39, 0.29) is 5.91 Å². The second kappa shape index (κ2) is 5.87. The zero-order valence-electron chi connectivity index (χ0n) is 11.9. The number of nitrogens with one attached hydrogen (secondary N) is 2. The highest BCUT2D eigenvalue weighted by atomic mass is 32.2. The number of carbonyl (C=O) groups is 1. The van der Waals surface area contributed by atoms with Crippen LogP contribution in [0.4, 0.5) is 5.69 Å². The molecule has 0 saturated heterocycles. The van der Waals surface area contributed by atoms with Gasteiger partial charge in [0.15, 0.2) is 0 Å². The summed E-state index contributed by atoms with van der Waals surface area (Å²) in [5.41, 5.74) is 0.897. The largest absolute Gasteiger partial charge is 0.355 e. The number of thiophene rings is 1. The fraction of sp³-hybridized carbons (Fsp3) is 0.214. The third-order valence-corrected chi connectivity index (χ3v) is 5.51. The lowest BCUT2D eigenvalue weighted by atomic mass is 10.2. The van der Waals surface area contributed by atoms with Crippen molar-refractivity contribution in [3.63, 3.8) is 0 Å². The first kappa shape index (κ1) is 15.5. The average Bonchev–Trinajstić information content (AvgIpc) is 2.78. The minimum absolute atomic E-state index is 0.214. The molecule has 0 aliphatic heterocycles. The van der Waals surface area contributed by atoms with Crippen LogP contribution in [0.15, 0.2) is 35.2 Å². The maximum atomic E-state index is 12.3. The van der Waals surface area contributed by atoms with Gasteiger partial charge in [-0.15, -0.1) is 11.3 Å². The number of rotatable bonds is 4. The van der Waals surface area contributed by atoms with E-state index in [1.807, 2.05) is 6.92 Å². The van der Waals surface area contributed by atoms with Gasteiger partial charge in [0.05, 0.1) is 0 Å². The van der Waals surface area contributed by atoms with Crippen LogP contribution in [0.3, 0.4) is 0 Å². The van der Waals surface area contributed by atoms with Crippen LogP contribution in [-0.4, -0.2) is 21.4 Å².